The van der Waals surface area contributed by atoms with Crippen LogP contribution in [-0.2, 0) is 6.42 Å². The third-order valence-corrected chi connectivity index (χ3v) is 13.0. The van der Waals surface area contributed by atoms with Crippen LogP contribution >= 0.6 is 11.3 Å². The summed E-state index contributed by atoms with van der Waals surface area (Å²) in [5.41, 5.74) is 15.0. The monoisotopic (exact) mass is 718 g/mol. The maximum Gasteiger partial charge on any atom is 0.0547 e. The summed E-state index contributed by atoms with van der Waals surface area (Å²) in [5.74, 6) is 0. The van der Waals surface area contributed by atoms with Gasteiger partial charge in [0.15, 0.2) is 0 Å². The summed E-state index contributed by atoms with van der Waals surface area (Å²) in [6, 6.07) is 63.0. The number of nitrogens with zero attached hydrogens (tertiary/aromatic N) is 2. The summed E-state index contributed by atoms with van der Waals surface area (Å²) in [5, 5.41) is 7.75. The van der Waals surface area contributed by atoms with Gasteiger partial charge in [-0.2, -0.15) is 0 Å². The van der Waals surface area contributed by atoms with Crippen LogP contribution in [-0.4, -0.2) is 9.13 Å². The van der Waals surface area contributed by atoms with Crippen molar-refractivity contribution in [1.29, 1.82) is 0 Å². The summed E-state index contributed by atoms with van der Waals surface area (Å²) in [6.07, 6.45) is 6.80. The minimum Gasteiger partial charge on any atom is -0.309 e. The quantitative estimate of drug-likeness (QED) is 0.171. The maximum atomic E-state index is 2.54. The zero-order chi connectivity index (χ0) is 36.0. The number of benzene rings is 8. The van der Waals surface area contributed by atoms with Crippen LogP contribution in [0.2, 0.25) is 0 Å². The highest BCUT2D eigenvalue weighted by molar-refractivity contribution is 7.26. The second-order valence-corrected chi connectivity index (χ2v) is 15.8. The van der Waals surface area contributed by atoms with E-state index in [0.717, 1.165) is 12.8 Å². The molecule has 3 heteroatoms. The van der Waals surface area contributed by atoms with Gasteiger partial charge in [0.1, 0.15) is 0 Å². The summed E-state index contributed by atoms with van der Waals surface area (Å²) >= 11 is 1.91. The number of para-hydroxylation sites is 3. The zero-order valence-corrected chi connectivity index (χ0v) is 30.9. The molecule has 0 spiro atoms. The van der Waals surface area contributed by atoms with Crippen LogP contribution in [0.4, 0.5) is 0 Å². The summed E-state index contributed by atoms with van der Waals surface area (Å²) in [4.78, 5) is 0. The Labute approximate surface area is 322 Å². The second-order valence-electron chi connectivity index (χ2n) is 14.8. The van der Waals surface area contributed by atoms with Crippen molar-refractivity contribution in [2.45, 2.75) is 12.8 Å². The fraction of sp³-hybridized carbons (Fsp3) is 0.0385. The van der Waals surface area contributed by atoms with Gasteiger partial charge in [-0.1, -0.05) is 133 Å². The van der Waals surface area contributed by atoms with Gasteiger partial charge in [0.2, 0.25) is 0 Å². The lowest BCUT2D eigenvalue weighted by atomic mass is 9.91. The number of thiophene rings is 1. The normalized spacial score (nSPS) is 12.9. The van der Waals surface area contributed by atoms with Gasteiger partial charge >= 0.3 is 0 Å². The van der Waals surface area contributed by atoms with Crippen molar-refractivity contribution < 1.29 is 0 Å². The van der Waals surface area contributed by atoms with Gasteiger partial charge in [-0.05, 0) is 89.2 Å². The van der Waals surface area contributed by atoms with Crippen LogP contribution in [0.5, 0.6) is 0 Å². The molecule has 0 N–H and O–H groups in total. The lowest BCUT2D eigenvalue weighted by molar-refractivity contribution is 0.978. The predicted octanol–water partition coefficient (Wildman–Crippen LogP) is 14.5. The summed E-state index contributed by atoms with van der Waals surface area (Å²) in [7, 11) is 0. The van der Waals surface area contributed by atoms with Crippen molar-refractivity contribution in [1.82, 2.24) is 9.13 Å². The van der Waals surface area contributed by atoms with Crippen LogP contribution in [0.3, 0.4) is 0 Å². The Morgan fingerprint density at radius 1 is 0.436 bits per heavy atom. The molecule has 0 unspecified atom stereocenters. The zero-order valence-electron chi connectivity index (χ0n) is 30.0. The van der Waals surface area contributed by atoms with E-state index in [-0.39, 0.29) is 0 Å². The van der Waals surface area contributed by atoms with Crippen LogP contribution in [0, 0.1) is 0 Å². The van der Waals surface area contributed by atoms with Crippen molar-refractivity contribution in [2.75, 3.05) is 0 Å². The number of aromatic nitrogens is 2. The van der Waals surface area contributed by atoms with E-state index in [1.54, 1.807) is 0 Å². The minimum atomic E-state index is 1.03. The van der Waals surface area contributed by atoms with E-state index in [9.17, 15) is 0 Å². The van der Waals surface area contributed by atoms with E-state index in [0.29, 0.717) is 0 Å². The molecule has 0 saturated carbocycles. The van der Waals surface area contributed by atoms with Crippen molar-refractivity contribution in [3.63, 3.8) is 0 Å². The second kappa shape index (κ2) is 11.9. The molecule has 2 nitrogen and oxygen atoms in total. The predicted molar refractivity (Wildman–Crippen MR) is 236 cm³/mol. The number of aryl methyl sites for hydroxylation is 1. The van der Waals surface area contributed by atoms with Crippen molar-refractivity contribution in [3.05, 3.63) is 187 Å². The molecular formula is C52H34N2S. The average Bonchev–Trinajstić information content (AvgIpc) is 3.91. The van der Waals surface area contributed by atoms with E-state index in [2.05, 4.69) is 191 Å². The van der Waals surface area contributed by atoms with Crippen LogP contribution in [0.25, 0.3) is 103 Å². The van der Waals surface area contributed by atoms with Gasteiger partial charge in [-0.3, -0.25) is 0 Å². The Morgan fingerprint density at radius 2 is 1.05 bits per heavy atom. The smallest absolute Gasteiger partial charge is 0.0547 e. The van der Waals surface area contributed by atoms with Gasteiger partial charge in [0.05, 0.1) is 27.8 Å². The van der Waals surface area contributed by atoms with Crippen LogP contribution in [0.1, 0.15) is 17.5 Å². The fourth-order valence-corrected chi connectivity index (χ4v) is 10.5. The molecule has 258 valence electrons. The summed E-state index contributed by atoms with van der Waals surface area (Å²) in [6.45, 7) is 0. The molecule has 0 atom stereocenters. The lowest BCUT2D eigenvalue weighted by Crippen LogP contribution is -2.04. The first kappa shape index (κ1) is 30.7. The molecule has 1 aliphatic carbocycles. The highest BCUT2D eigenvalue weighted by atomic mass is 32.1. The Bertz CT molecular complexity index is 3370. The van der Waals surface area contributed by atoms with Gasteiger partial charge in [0.25, 0.3) is 0 Å². The van der Waals surface area contributed by atoms with Gasteiger partial charge in [-0.15, -0.1) is 11.3 Å². The number of rotatable bonds is 4. The first-order valence-electron chi connectivity index (χ1n) is 19.2. The largest absolute Gasteiger partial charge is 0.309 e. The SMILES string of the molecule is C1=Cc2c(cc(-c3cccc4c3sc3ccccc34)cc2-n2c3ccccc3c3ccc(-c4ccc5c6ccccc6n(-c6ccccc6)c5c4)cc32)CC1. The first-order valence-corrected chi connectivity index (χ1v) is 20.0. The van der Waals surface area contributed by atoms with Crippen molar-refractivity contribution in [3.8, 4) is 33.6 Å². The molecule has 0 saturated heterocycles. The van der Waals surface area contributed by atoms with E-state index in [1.165, 1.54) is 109 Å². The van der Waals surface area contributed by atoms with Gasteiger partial charge in [0, 0.05) is 53.0 Å². The molecule has 11 aromatic rings. The number of allylic oxidation sites excluding steroid dienone is 1. The van der Waals surface area contributed by atoms with Crippen LogP contribution in [0.15, 0.2) is 176 Å². The molecule has 3 heterocycles. The lowest BCUT2D eigenvalue weighted by Gasteiger charge is -2.20. The Morgan fingerprint density at radius 3 is 1.82 bits per heavy atom. The summed E-state index contributed by atoms with van der Waals surface area (Å²) < 4.78 is 7.64. The van der Waals surface area contributed by atoms with Gasteiger partial charge < -0.3 is 9.13 Å². The molecule has 0 fully saturated rings. The van der Waals surface area contributed by atoms with Crippen molar-refractivity contribution >= 4 is 81.2 Å². The van der Waals surface area contributed by atoms with E-state index in [1.807, 2.05) is 11.3 Å². The maximum absolute atomic E-state index is 2.54. The molecule has 3 aromatic heterocycles. The highest BCUT2D eigenvalue weighted by Crippen LogP contribution is 2.44. The third-order valence-electron chi connectivity index (χ3n) is 11.8. The number of hydrogen-bond donors (Lipinski definition) is 0. The van der Waals surface area contributed by atoms with Crippen molar-refractivity contribution in [2.24, 2.45) is 0 Å². The van der Waals surface area contributed by atoms with Gasteiger partial charge in [-0.25, -0.2) is 0 Å². The molecule has 0 amide bonds. The molecular weight excluding hydrogens is 685 g/mol. The number of hydrogen-bond acceptors (Lipinski definition) is 1. The van der Waals surface area contributed by atoms with Crippen LogP contribution < -0.4 is 0 Å². The van der Waals surface area contributed by atoms with E-state index in [4.69, 9.17) is 0 Å². The fourth-order valence-electron chi connectivity index (χ4n) is 9.27. The molecule has 0 bridgehead atoms. The van der Waals surface area contributed by atoms with E-state index < -0.39 is 0 Å². The topological polar surface area (TPSA) is 9.86 Å². The Kier molecular flexibility index (Phi) is 6.66. The molecule has 0 radical (unpaired) electrons. The minimum absolute atomic E-state index is 1.03. The average molecular weight is 719 g/mol. The molecule has 0 aliphatic heterocycles. The third kappa shape index (κ3) is 4.60. The molecule has 55 heavy (non-hydrogen) atoms. The Balaban J connectivity index is 1.11. The molecule has 8 aromatic carbocycles. The molecule has 12 rings (SSSR count). The van der Waals surface area contributed by atoms with E-state index >= 15 is 0 Å². The first-order chi connectivity index (χ1) is 27.3. The standard InChI is InChI=1S/C52H34N2S/c1-2-14-37(15-3-1)53-46-22-9-6-17-40(46)42-27-25-33(30-49(42)53)34-26-28-43-41-18-7-10-23-47(41)54(50(43)31-34)48-32-36(29-35-13-4-5-16-38(35)48)39-20-12-21-45-44-19-8-11-24-51(44)55-52(39)45/h1-3,5-12,14-32H,4,13H2. The number of fused-ring (bicyclic) bond motifs is 10. The Hall–Kier alpha value is -6.68. The molecule has 1 aliphatic rings. The highest BCUT2D eigenvalue weighted by Gasteiger charge is 2.21.